The number of ether oxygens (including phenoxy) is 2. The topological polar surface area (TPSA) is 140 Å². The molecular formula is C14H20O8. The van der Waals surface area contributed by atoms with Crippen LogP contribution in [0.5, 0.6) is 11.5 Å². The van der Waals surface area contributed by atoms with Crippen LogP contribution in [0.1, 0.15) is 5.56 Å². The molecule has 1 aliphatic heterocycles. The van der Waals surface area contributed by atoms with Crippen LogP contribution < -0.4 is 0 Å². The Kier molecular flexibility index (Phi) is 5.57. The second-order valence-electron chi connectivity index (χ2n) is 5.14. The molecule has 1 saturated heterocycles. The van der Waals surface area contributed by atoms with E-state index in [1.807, 2.05) is 0 Å². The van der Waals surface area contributed by atoms with E-state index in [2.05, 4.69) is 0 Å². The van der Waals surface area contributed by atoms with E-state index in [1.54, 1.807) is 6.07 Å². The van der Waals surface area contributed by atoms with Crippen LogP contribution in [0.3, 0.4) is 0 Å². The van der Waals surface area contributed by atoms with Crippen LogP contribution in [0.2, 0.25) is 0 Å². The molecule has 0 unspecified atom stereocenters. The Labute approximate surface area is 126 Å². The van der Waals surface area contributed by atoms with Gasteiger partial charge in [0.05, 0.1) is 13.2 Å². The Morgan fingerprint density at radius 2 is 1.73 bits per heavy atom. The van der Waals surface area contributed by atoms with Crippen LogP contribution >= 0.6 is 0 Å². The number of benzene rings is 1. The average molecular weight is 316 g/mol. The number of hydrogen-bond donors (Lipinski definition) is 6. The molecule has 1 fully saturated rings. The third-order valence-electron chi connectivity index (χ3n) is 3.56. The number of aliphatic hydroxyl groups is 4. The van der Waals surface area contributed by atoms with Crippen molar-refractivity contribution in [2.24, 2.45) is 0 Å². The van der Waals surface area contributed by atoms with Crippen molar-refractivity contribution in [1.82, 2.24) is 0 Å². The third kappa shape index (κ3) is 3.67. The van der Waals surface area contributed by atoms with Gasteiger partial charge in [-0.05, 0) is 24.1 Å². The molecule has 0 spiro atoms. The zero-order valence-electron chi connectivity index (χ0n) is 11.7. The van der Waals surface area contributed by atoms with E-state index in [9.17, 15) is 25.5 Å². The van der Waals surface area contributed by atoms with Crippen molar-refractivity contribution in [1.29, 1.82) is 0 Å². The Bertz CT molecular complexity index is 492. The van der Waals surface area contributed by atoms with Crippen molar-refractivity contribution in [3.8, 4) is 11.5 Å². The third-order valence-corrected chi connectivity index (χ3v) is 3.56. The number of phenolic OH excluding ortho intramolecular Hbond substituents is 2. The molecule has 0 aromatic heterocycles. The first kappa shape index (κ1) is 16.9. The quantitative estimate of drug-likeness (QED) is 0.359. The average Bonchev–Trinajstić information content (AvgIpc) is 2.51. The molecule has 0 aliphatic carbocycles. The van der Waals surface area contributed by atoms with Crippen LogP contribution in [0.4, 0.5) is 0 Å². The molecule has 0 bridgehead atoms. The molecule has 124 valence electrons. The SMILES string of the molecule is OC[C@@H]1O[C@H](OCCc2ccc(O)c(O)c2)[C@@H](O)[C@@H](O)[C@@H]1O. The lowest BCUT2D eigenvalue weighted by molar-refractivity contribution is -0.300. The Morgan fingerprint density at radius 1 is 1.00 bits per heavy atom. The minimum Gasteiger partial charge on any atom is -0.504 e. The highest BCUT2D eigenvalue weighted by molar-refractivity contribution is 5.40. The minimum absolute atomic E-state index is 0.104. The summed E-state index contributed by atoms with van der Waals surface area (Å²) in [7, 11) is 0. The summed E-state index contributed by atoms with van der Waals surface area (Å²) in [6.07, 6.45) is -6.17. The summed E-state index contributed by atoms with van der Waals surface area (Å²) in [6, 6.07) is 4.33. The van der Waals surface area contributed by atoms with Gasteiger partial charge < -0.3 is 40.1 Å². The van der Waals surface area contributed by atoms with Gasteiger partial charge in [0.25, 0.3) is 0 Å². The standard InChI is InChI=1S/C14H20O8/c15-6-10-11(18)12(19)13(20)14(22-10)21-4-3-7-1-2-8(16)9(17)5-7/h1-2,5,10-20H,3-4,6H2/t10-,11+,12-,13-,14-/m0/s1. The number of rotatable bonds is 5. The maximum atomic E-state index is 9.78. The van der Waals surface area contributed by atoms with Crippen molar-refractivity contribution >= 4 is 0 Å². The molecular weight excluding hydrogens is 296 g/mol. The lowest BCUT2D eigenvalue weighted by Gasteiger charge is -2.39. The first-order valence-electron chi connectivity index (χ1n) is 6.87. The molecule has 0 saturated carbocycles. The van der Waals surface area contributed by atoms with Gasteiger partial charge >= 0.3 is 0 Å². The van der Waals surface area contributed by atoms with E-state index in [0.29, 0.717) is 12.0 Å². The van der Waals surface area contributed by atoms with Crippen molar-refractivity contribution in [2.45, 2.75) is 37.1 Å². The van der Waals surface area contributed by atoms with E-state index in [1.165, 1.54) is 12.1 Å². The summed E-state index contributed by atoms with van der Waals surface area (Å²) < 4.78 is 10.5. The first-order valence-corrected chi connectivity index (χ1v) is 6.87. The van der Waals surface area contributed by atoms with Gasteiger partial charge in [0.1, 0.15) is 24.4 Å². The van der Waals surface area contributed by atoms with Crippen LogP contribution in [0.15, 0.2) is 18.2 Å². The Hall–Kier alpha value is -1.42. The fraction of sp³-hybridized carbons (Fsp3) is 0.571. The largest absolute Gasteiger partial charge is 0.504 e. The predicted octanol–water partition coefficient (Wildman–Crippen LogP) is -1.54. The summed E-state index contributed by atoms with van der Waals surface area (Å²) in [5.41, 5.74) is 0.694. The van der Waals surface area contributed by atoms with Gasteiger partial charge in [-0.3, -0.25) is 0 Å². The molecule has 1 aliphatic rings. The van der Waals surface area contributed by atoms with Gasteiger partial charge in [-0.2, -0.15) is 0 Å². The van der Waals surface area contributed by atoms with Crippen molar-refractivity contribution in [3.05, 3.63) is 23.8 Å². The zero-order chi connectivity index (χ0) is 16.3. The van der Waals surface area contributed by atoms with Gasteiger partial charge in [-0.15, -0.1) is 0 Å². The minimum atomic E-state index is -1.48. The van der Waals surface area contributed by atoms with E-state index in [0.717, 1.165) is 0 Å². The summed E-state index contributed by atoms with van der Waals surface area (Å²) in [6.45, 7) is -0.413. The van der Waals surface area contributed by atoms with Crippen molar-refractivity contribution in [3.63, 3.8) is 0 Å². The number of hydrogen-bond acceptors (Lipinski definition) is 8. The maximum absolute atomic E-state index is 9.78. The smallest absolute Gasteiger partial charge is 0.186 e. The Morgan fingerprint density at radius 3 is 2.36 bits per heavy atom. The number of aromatic hydroxyl groups is 2. The van der Waals surface area contributed by atoms with Gasteiger partial charge in [-0.1, -0.05) is 6.07 Å². The summed E-state index contributed by atoms with van der Waals surface area (Å²) in [4.78, 5) is 0. The molecule has 1 heterocycles. The summed E-state index contributed by atoms with van der Waals surface area (Å²) >= 11 is 0. The fourth-order valence-corrected chi connectivity index (χ4v) is 2.22. The zero-order valence-corrected chi connectivity index (χ0v) is 11.7. The molecule has 2 rings (SSSR count). The van der Waals surface area contributed by atoms with Gasteiger partial charge in [0, 0.05) is 0 Å². The molecule has 5 atom stereocenters. The second-order valence-corrected chi connectivity index (χ2v) is 5.14. The number of phenols is 2. The van der Waals surface area contributed by atoms with E-state index < -0.39 is 37.3 Å². The molecule has 0 radical (unpaired) electrons. The molecule has 1 aromatic carbocycles. The van der Waals surface area contributed by atoms with Gasteiger partial charge in [0.15, 0.2) is 17.8 Å². The van der Waals surface area contributed by atoms with Gasteiger partial charge in [-0.25, -0.2) is 0 Å². The fourth-order valence-electron chi connectivity index (χ4n) is 2.22. The molecule has 6 N–H and O–H groups in total. The highest BCUT2D eigenvalue weighted by Crippen LogP contribution is 2.25. The Balaban J connectivity index is 1.88. The monoisotopic (exact) mass is 316 g/mol. The van der Waals surface area contributed by atoms with Crippen LogP contribution in [0, 0.1) is 0 Å². The van der Waals surface area contributed by atoms with Crippen LogP contribution in [-0.2, 0) is 15.9 Å². The first-order chi connectivity index (χ1) is 10.4. The molecule has 22 heavy (non-hydrogen) atoms. The van der Waals surface area contributed by atoms with Crippen LogP contribution in [-0.4, -0.2) is 74.6 Å². The molecule has 0 amide bonds. The lowest BCUT2D eigenvalue weighted by Crippen LogP contribution is -2.59. The lowest BCUT2D eigenvalue weighted by atomic mass is 9.99. The molecule has 8 nitrogen and oxygen atoms in total. The van der Waals surface area contributed by atoms with Crippen molar-refractivity contribution < 1.29 is 40.1 Å². The van der Waals surface area contributed by atoms with Crippen LogP contribution in [0.25, 0.3) is 0 Å². The highest BCUT2D eigenvalue weighted by atomic mass is 16.7. The molecule has 1 aromatic rings. The van der Waals surface area contributed by atoms with E-state index >= 15 is 0 Å². The van der Waals surface area contributed by atoms with E-state index in [-0.39, 0.29) is 18.1 Å². The molecule has 8 heteroatoms. The maximum Gasteiger partial charge on any atom is 0.186 e. The van der Waals surface area contributed by atoms with E-state index in [4.69, 9.17) is 14.6 Å². The summed E-state index contributed by atoms with van der Waals surface area (Å²) in [5.74, 6) is -0.469. The second kappa shape index (κ2) is 7.23. The normalized spacial score (nSPS) is 32.1. The summed E-state index contributed by atoms with van der Waals surface area (Å²) in [5, 5.41) is 56.7. The number of aliphatic hydroxyl groups excluding tert-OH is 4. The van der Waals surface area contributed by atoms with Gasteiger partial charge in [0.2, 0.25) is 0 Å². The predicted molar refractivity (Wildman–Crippen MR) is 73.2 cm³/mol. The van der Waals surface area contributed by atoms with Crippen molar-refractivity contribution in [2.75, 3.05) is 13.2 Å². The highest BCUT2D eigenvalue weighted by Gasteiger charge is 2.43.